The molecule has 1 aliphatic rings. The van der Waals surface area contributed by atoms with Gasteiger partial charge < -0.3 is 5.32 Å². The topological polar surface area (TPSA) is 65.7 Å². The van der Waals surface area contributed by atoms with Gasteiger partial charge >= 0.3 is 0 Å². The van der Waals surface area contributed by atoms with Crippen LogP contribution in [0.25, 0.3) is 27.9 Å². The van der Waals surface area contributed by atoms with E-state index in [1.54, 1.807) is 40.2 Å². The Hall–Kier alpha value is -2.85. The smallest absolute Gasteiger partial charge is 0.285 e. The highest BCUT2D eigenvalue weighted by molar-refractivity contribution is 7.90. The first-order chi connectivity index (χ1) is 17.4. The second-order valence-electron chi connectivity index (χ2n) is 8.48. The second-order valence-corrected chi connectivity index (χ2v) is 9.91. The van der Waals surface area contributed by atoms with Crippen LogP contribution in [0.5, 0.6) is 0 Å². The maximum atomic E-state index is 14.8. The van der Waals surface area contributed by atoms with Crippen molar-refractivity contribution in [3.05, 3.63) is 72.7 Å². The van der Waals surface area contributed by atoms with E-state index < -0.39 is 17.1 Å². The summed E-state index contributed by atoms with van der Waals surface area (Å²) in [5.41, 5.74) is 4.08. The molecule has 2 N–H and O–H groups in total. The van der Waals surface area contributed by atoms with Gasteiger partial charge in [-0.25, -0.2) is 9.50 Å². The van der Waals surface area contributed by atoms with Gasteiger partial charge in [0.15, 0.2) is 21.7 Å². The van der Waals surface area contributed by atoms with E-state index in [1.807, 2.05) is 44.3 Å². The van der Waals surface area contributed by atoms with Crippen molar-refractivity contribution in [1.82, 2.24) is 24.8 Å². The Bertz CT molecular complexity index is 1290. The maximum Gasteiger partial charge on any atom is 0.285 e. The van der Waals surface area contributed by atoms with Gasteiger partial charge in [-0.15, -0.1) is 0 Å². The van der Waals surface area contributed by atoms with Crippen molar-refractivity contribution in [3.63, 3.8) is 0 Å². The highest BCUT2D eigenvalue weighted by Crippen LogP contribution is 2.32. The fraction of sp³-hybridized carbons (Fsp3) is 0.333. The van der Waals surface area contributed by atoms with Gasteiger partial charge in [0.05, 0.1) is 12.7 Å². The van der Waals surface area contributed by atoms with Crippen molar-refractivity contribution < 1.29 is 13.3 Å². The fourth-order valence-corrected chi connectivity index (χ4v) is 4.80. The molecule has 36 heavy (non-hydrogen) atoms. The summed E-state index contributed by atoms with van der Waals surface area (Å²) in [5.74, 6) is -2.91. The van der Waals surface area contributed by atoms with Crippen LogP contribution in [0.2, 0.25) is 0 Å². The zero-order valence-corrected chi connectivity index (χ0v) is 21.6. The quantitative estimate of drug-likeness (QED) is 0.349. The van der Waals surface area contributed by atoms with Gasteiger partial charge in [0, 0.05) is 61.3 Å². The molecule has 0 radical (unpaired) electrons. The molecule has 6 nitrogen and oxygen atoms in total. The van der Waals surface area contributed by atoms with Crippen molar-refractivity contribution >= 4 is 16.8 Å². The third-order valence-electron chi connectivity index (χ3n) is 6.11. The lowest BCUT2D eigenvalue weighted by Crippen LogP contribution is -2.47. The zero-order valence-electron chi connectivity index (χ0n) is 20.8. The van der Waals surface area contributed by atoms with Gasteiger partial charge in [-0.3, -0.25) is 4.90 Å². The molecule has 3 heterocycles. The van der Waals surface area contributed by atoms with Crippen molar-refractivity contribution in [2.75, 3.05) is 39.0 Å². The van der Waals surface area contributed by atoms with Crippen LogP contribution in [0.1, 0.15) is 19.4 Å². The van der Waals surface area contributed by atoms with Crippen LogP contribution in [0.15, 0.2) is 72.0 Å². The van der Waals surface area contributed by atoms with Crippen molar-refractivity contribution in [2.24, 2.45) is 0 Å². The summed E-state index contributed by atoms with van der Waals surface area (Å²) in [5, 5.41) is 7.63. The molecule has 1 unspecified atom stereocenters. The van der Waals surface area contributed by atoms with Gasteiger partial charge in [0.25, 0.3) is 5.92 Å². The van der Waals surface area contributed by atoms with Gasteiger partial charge in [0.2, 0.25) is 0 Å². The largest absolute Gasteiger partial charge is 0.314 e. The molecular formula is C27H32F2N5OS+. The van der Waals surface area contributed by atoms with Crippen LogP contribution < -0.4 is 5.32 Å². The van der Waals surface area contributed by atoms with E-state index in [4.69, 9.17) is 0 Å². The summed E-state index contributed by atoms with van der Waals surface area (Å²) < 4.78 is 41.2. The summed E-state index contributed by atoms with van der Waals surface area (Å²) >= 11 is -0.831. The van der Waals surface area contributed by atoms with Crippen LogP contribution in [0.4, 0.5) is 8.78 Å². The molecule has 9 heteroatoms. The number of piperazine rings is 1. The Morgan fingerprint density at radius 2 is 1.72 bits per heavy atom. The highest BCUT2D eigenvalue weighted by atomic mass is 32.2. The lowest BCUT2D eigenvalue weighted by molar-refractivity contribution is -0.0400. The number of halogens is 2. The van der Waals surface area contributed by atoms with E-state index in [2.05, 4.69) is 15.4 Å². The van der Waals surface area contributed by atoms with E-state index in [-0.39, 0.29) is 12.1 Å². The minimum absolute atomic E-state index is 0.0175. The molecule has 0 aliphatic carbocycles. The van der Waals surface area contributed by atoms with Gasteiger partial charge in [-0.2, -0.15) is 18.4 Å². The van der Waals surface area contributed by atoms with Gasteiger partial charge in [-0.05, 0) is 17.2 Å². The molecular weight excluding hydrogens is 480 g/mol. The standard InChI is InChI=1S/C25H26F2N5OS.C2H6/c1-34(33)22-4-2-3-19(13-22)23-15-30-32-16-20(14-29-24(23)32)18-5-7-21(8-6-18)25(26,27)17-31-11-9-28-10-12-31;1-2/h2-8,13-16,28,33H,9-12,17H2,1H3;1-2H3/q+1;. The van der Waals surface area contributed by atoms with Crippen molar-refractivity contribution in [1.29, 1.82) is 0 Å². The third kappa shape index (κ3) is 5.75. The van der Waals surface area contributed by atoms with Crippen LogP contribution >= 0.6 is 0 Å². The van der Waals surface area contributed by atoms with Crippen molar-refractivity contribution in [2.45, 2.75) is 24.7 Å². The van der Waals surface area contributed by atoms with E-state index in [0.717, 1.165) is 40.2 Å². The summed E-state index contributed by atoms with van der Waals surface area (Å²) in [7, 11) is 0. The molecule has 4 aromatic rings. The average molecular weight is 513 g/mol. The Morgan fingerprint density at radius 3 is 2.42 bits per heavy atom. The minimum atomic E-state index is -2.91. The highest BCUT2D eigenvalue weighted by Gasteiger charge is 2.34. The molecule has 0 saturated carbocycles. The number of nitrogens with one attached hydrogen (secondary N) is 1. The molecule has 0 spiro atoms. The number of rotatable bonds is 6. The minimum Gasteiger partial charge on any atom is -0.314 e. The lowest BCUT2D eigenvalue weighted by Gasteiger charge is -2.30. The third-order valence-corrected chi connectivity index (χ3v) is 7.05. The van der Waals surface area contributed by atoms with Crippen LogP contribution in [-0.2, 0) is 17.1 Å². The molecule has 1 fully saturated rings. The SMILES string of the molecule is CC.C[S+](O)c1cccc(-c2cnn3cc(-c4ccc(C(F)(F)CN5CCNCC5)cc4)cnc23)c1. The molecule has 0 bridgehead atoms. The average Bonchev–Trinajstić information content (AvgIpc) is 3.34. The fourth-order valence-electron chi connectivity index (χ4n) is 4.22. The van der Waals surface area contributed by atoms with E-state index in [9.17, 15) is 13.3 Å². The molecule has 1 aliphatic heterocycles. The Balaban J connectivity index is 0.00000148. The second kappa shape index (κ2) is 11.5. The maximum absolute atomic E-state index is 14.8. The first-order valence-corrected chi connectivity index (χ1v) is 13.7. The predicted octanol–water partition coefficient (Wildman–Crippen LogP) is 5.17. The van der Waals surface area contributed by atoms with E-state index in [0.29, 0.717) is 18.7 Å². The van der Waals surface area contributed by atoms with Gasteiger partial charge in [-0.1, -0.05) is 50.2 Å². The zero-order chi connectivity index (χ0) is 25.7. The molecule has 0 amide bonds. The number of benzene rings is 2. The number of hydrogen-bond acceptors (Lipinski definition) is 5. The summed E-state index contributed by atoms with van der Waals surface area (Å²) in [6, 6.07) is 14.1. The summed E-state index contributed by atoms with van der Waals surface area (Å²) in [6.45, 7) is 6.48. The molecule has 5 rings (SSSR count). The number of fused-ring (bicyclic) bond motifs is 1. The number of hydrogen-bond donors (Lipinski definition) is 2. The van der Waals surface area contributed by atoms with Gasteiger partial charge in [0.1, 0.15) is 6.26 Å². The van der Waals surface area contributed by atoms with Crippen LogP contribution in [-0.4, -0.2) is 63.0 Å². The Labute approximate surface area is 213 Å². The van der Waals surface area contributed by atoms with Crippen LogP contribution in [0.3, 0.4) is 0 Å². The molecule has 1 saturated heterocycles. The van der Waals surface area contributed by atoms with E-state index in [1.165, 1.54) is 12.1 Å². The lowest BCUT2D eigenvalue weighted by atomic mass is 10.0. The monoisotopic (exact) mass is 512 g/mol. The molecule has 2 aromatic carbocycles. The summed E-state index contributed by atoms with van der Waals surface area (Å²) in [6.07, 6.45) is 7.08. The number of alkyl halides is 2. The number of nitrogens with zero attached hydrogens (tertiary/aromatic N) is 4. The van der Waals surface area contributed by atoms with E-state index >= 15 is 0 Å². The number of aromatic nitrogens is 3. The summed E-state index contributed by atoms with van der Waals surface area (Å²) in [4.78, 5) is 7.25. The first-order valence-electron chi connectivity index (χ1n) is 12.1. The normalized spacial score (nSPS) is 15.4. The van der Waals surface area contributed by atoms with Crippen molar-refractivity contribution in [3.8, 4) is 22.3 Å². The first kappa shape index (κ1) is 26.2. The van der Waals surface area contributed by atoms with Crippen LogP contribution in [0, 0.1) is 0 Å². The Kier molecular flexibility index (Phi) is 8.35. The predicted molar refractivity (Wildman–Crippen MR) is 143 cm³/mol. The molecule has 2 aromatic heterocycles. The molecule has 190 valence electrons. The Morgan fingerprint density at radius 1 is 1.00 bits per heavy atom. The molecule has 1 atom stereocenters.